The van der Waals surface area contributed by atoms with Gasteiger partial charge in [-0.1, -0.05) is 20.3 Å². The van der Waals surface area contributed by atoms with Gasteiger partial charge >= 0.3 is 0 Å². The zero-order valence-corrected chi connectivity index (χ0v) is 11.5. The minimum absolute atomic E-state index is 0.516. The van der Waals surface area contributed by atoms with Crippen LogP contribution in [0.5, 0.6) is 5.75 Å². The molecule has 0 aliphatic heterocycles. The van der Waals surface area contributed by atoms with Crippen molar-refractivity contribution in [2.45, 2.75) is 26.8 Å². The Hall–Kier alpha value is -2.11. The molecule has 1 aromatic carbocycles. The van der Waals surface area contributed by atoms with Gasteiger partial charge in [0.05, 0.1) is 12.7 Å². The average molecular weight is 261 g/mol. The molecule has 0 amide bonds. The normalized spacial score (nSPS) is 12.4. The smallest absolute Gasteiger partial charge is 0.185 e. The zero-order chi connectivity index (χ0) is 13.8. The van der Waals surface area contributed by atoms with Crippen molar-refractivity contribution in [1.29, 1.82) is 0 Å². The predicted molar refractivity (Wildman–Crippen MR) is 73.7 cm³/mol. The first-order valence-electron chi connectivity index (χ1n) is 6.35. The van der Waals surface area contributed by atoms with Gasteiger partial charge < -0.3 is 10.5 Å². The third-order valence-electron chi connectivity index (χ3n) is 3.18. The van der Waals surface area contributed by atoms with E-state index in [1.807, 2.05) is 16.8 Å². The molecule has 2 rings (SSSR count). The third-order valence-corrected chi connectivity index (χ3v) is 3.18. The van der Waals surface area contributed by atoms with Crippen molar-refractivity contribution in [3.8, 4) is 17.1 Å². The Morgan fingerprint density at radius 1 is 1.42 bits per heavy atom. The van der Waals surface area contributed by atoms with E-state index in [-0.39, 0.29) is 0 Å². The zero-order valence-electron chi connectivity index (χ0n) is 11.5. The summed E-state index contributed by atoms with van der Waals surface area (Å²) in [5.74, 6) is 1.90. The molecule has 2 N–H and O–H groups in total. The quantitative estimate of drug-likeness (QED) is 0.832. The number of rotatable bonds is 5. The summed E-state index contributed by atoms with van der Waals surface area (Å²) in [6, 6.07) is 5.48. The van der Waals surface area contributed by atoms with Crippen LogP contribution in [-0.2, 0) is 6.54 Å². The highest BCUT2D eigenvalue weighted by Gasteiger charge is 2.15. The predicted octanol–water partition coefficient (Wildman–Crippen LogP) is 1.98. The molecular formula is C13H19N5O. The molecule has 0 aliphatic rings. The molecule has 0 bridgehead atoms. The Labute approximate surface area is 112 Å². The Morgan fingerprint density at radius 2 is 2.21 bits per heavy atom. The summed E-state index contributed by atoms with van der Waals surface area (Å²) in [4.78, 5) is 0. The highest BCUT2D eigenvalue weighted by Crippen LogP contribution is 2.30. The minimum atomic E-state index is 0.516. The van der Waals surface area contributed by atoms with Gasteiger partial charge in [0, 0.05) is 18.3 Å². The fraction of sp³-hybridized carbons (Fsp3) is 0.462. The maximum atomic E-state index is 5.76. The lowest BCUT2D eigenvalue weighted by molar-refractivity contribution is 0.413. The highest BCUT2D eigenvalue weighted by atomic mass is 16.5. The fourth-order valence-corrected chi connectivity index (χ4v) is 1.84. The summed E-state index contributed by atoms with van der Waals surface area (Å²) in [5, 5.41) is 11.9. The first kappa shape index (κ1) is 13.3. The van der Waals surface area contributed by atoms with Gasteiger partial charge in [-0.15, -0.1) is 5.10 Å². The van der Waals surface area contributed by atoms with Crippen LogP contribution in [0.1, 0.15) is 20.3 Å². The molecule has 0 spiro atoms. The van der Waals surface area contributed by atoms with Gasteiger partial charge in [0.15, 0.2) is 5.82 Å². The van der Waals surface area contributed by atoms with Crippen LogP contribution in [-0.4, -0.2) is 27.3 Å². The van der Waals surface area contributed by atoms with E-state index in [1.54, 1.807) is 13.2 Å². The molecule has 6 nitrogen and oxygen atoms in total. The van der Waals surface area contributed by atoms with Gasteiger partial charge in [-0.2, -0.15) is 0 Å². The van der Waals surface area contributed by atoms with E-state index in [2.05, 4.69) is 29.4 Å². The first-order valence-corrected chi connectivity index (χ1v) is 6.35. The average Bonchev–Trinajstić information content (AvgIpc) is 2.86. The van der Waals surface area contributed by atoms with E-state index >= 15 is 0 Å². The summed E-state index contributed by atoms with van der Waals surface area (Å²) in [7, 11) is 1.61. The molecule has 0 fully saturated rings. The Morgan fingerprint density at radius 3 is 2.89 bits per heavy atom. The number of ether oxygens (including phenoxy) is 1. The summed E-state index contributed by atoms with van der Waals surface area (Å²) in [6.45, 7) is 5.11. The molecule has 0 aliphatic carbocycles. The van der Waals surface area contributed by atoms with E-state index in [0.717, 1.165) is 18.5 Å². The molecule has 6 heteroatoms. The van der Waals surface area contributed by atoms with Gasteiger partial charge in [0.2, 0.25) is 0 Å². The highest BCUT2D eigenvalue weighted by molar-refractivity contribution is 5.67. The largest absolute Gasteiger partial charge is 0.496 e. The number of nitrogens with two attached hydrogens (primary N) is 1. The van der Waals surface area contributed by atoms with Gasteiger partial charge in [0.1, 0.15) is 5.75 Å². The third kappa shape index (κ3) is 2.83. The summed E-state index contributed by atoms with van der Waals surface area (Å²) >= 11 is 0. The second kappa shape index (κ2) is 5.69. The van der Waals surface area contributed by atoms with E-state index in [1.165, 1.54) is 0 Å². The molecule has 102 valence electrons. The van der Waals surface area contributed by atoms with Crippen LogP contribution in [0.4, 0.5) is 5.69 Å². The van der Waals surface area contributed by atoms with Crippen molar-refractivity contribution in [3.05, 3.63) is 18.2 Å². The van der Waals surface area contributed by atoms with Crippen molar-refractivity contribution >= 4 is 5.69 Å². The number of methoxy groups -OCH3 is 1. The second-order valence-corrected chi connectivity index (χ2v) is 4.66. The number of anilines is 1. The van der Waals surface area contributed by atoms with Crippen LogP contribution in [0.15, 0.2) is 18.2 Å². The SMILES string of the molecule is CCC(C)Cn1nnnc1-c1ccc(N)cc1OC. The van der Waals surface area contributed by atoms with Gasteiger partial charge in [-0.25, -0.2) is 4.68 Å². The van der Waals surface area contributed by atoms with Crippen LogP contribution in [0.25, 0.3) is 11.4 Å². The lowest BCUT2D eigenvalue weighted by Gasteiger charge is -2.12. The van der Waals surface area contributed by atoms with Crippen molar-refractivity contribution in [3.63, 3.8) is 0 Å². The molecule has 1 heterocycles. The van der Waals surface area contributed by atoms with Gasteiger partial charge in [-0.3, -0.25) is 0 Å². The molecule has 0 radical (unpaired) electrons. The standard InChI is InChI=1S/C13H19N5O/c1-4-9(2)8-18-13(15-16-17-18)11-6-5-10(14)7-12(11)19-3/h5-7,9H,4,8,14H2,1-3H3. The van der Waals surface area contributed by atoms with Crippen molar-refractivity contribution in [2.24, 2.45) is 5.92 Å². The Balaban J connectivity index is 2.39. The number of nitrogen functional groups attached to an aromatic ring is 1. The number of hydrogen-bond acceptors (Lipinski definition) is 5. The van der Waals surface area contributed by atoms with Crippen LogP contribution in [0.3, 0.4) is 0 Å². The van der Waals surface area contributed by atoms with Gasteiger partial charge in [0.25, 0.3) is 0 Å². The molecular weight excluding hydrogens is 242 g/mol. The number of benzene rings is 1. The van der Waals surface area contributed by atoms with Crippen molar-refractivity contribution in [1.82, 2.24) is 20.2 Å². The topological polar surface area (TPSA) is 78.9 Å². The van der Waals surface area contributed by atoms with E-state index in [9.17, 15) is 0 Å². The maximum Gasteiger partial charge on any atom is 0.185 e. The Bertz CT molecular complexity index is 552. The molecule has 0 saturated carbocycles. The van der Waals surface area contributed by atoms with Crippen LogP contribution in [0.2, 0.25) is 0 Å². The molecule has 1 aromatic heterocycles. The monoisotopic (exact) mass is 261 g/mol. The lowest BCUT2D eigenvalue weighted by Crippen LogP contribution is -2.10. The number of nitrogens with zero attached hydrogens (tertiary/aromatic N) is 4. The first-order chi connectivity index (χ1) is 9.15. The fourth-order valence-electron chi connectivity index (χ4n) is 1.84. The number of hydrogen-bond donors (Lipinski definition) is 1. The lowest BCUT2D eigenvalue weighted by atomic mass is 10.1. The molecule has 0 saturated heterocycles. The van der Waals surface area contributed by atoms with E-state index in [4.69, 9.17) is 10.5 Å². The number of tetrazole rings is 1. The summed E-state index contributed by atoms with van der Waals surface area (Å²) in [6.07, 6.45) is 1.08. The summed E-state index contributed by atoms with van der Waals surface area (Å²) in [5.41, 5.74) is 7.26. The second-order valence-electron chi connectivity index (χ2n) is 4.66. The molecule has 1 atom stereocenters. The van der Waals surface area contributed by atoms with Crippen molar-refractivity contribution < 1.29 is 4.74 Å². The minimum Gasteiger partial charge on any atom is -0.496 e. The molecule has 2 aromatic rings. The van der Waals surface area contributed by atoms with Crippen LogP contribution < -0.4 is 10.5 Å². The van der Waals surface area contributed by atoms with E-state index < -0.39 is 0 Å². The number of aromatic nitrogens is 4. The van der Waals surface area contributed by atoms with Crippen LogP contribution in [0, 0.1) is 5.92 Å². The maximum absolute atomic E-state index is 5.76. The van der Waals surface area contributed by atoms with Gasteiger partial charge in [-0.05, 0) is 28.5 Å². The molecule has 19 heavy (non-hydrogen) atoms. The van der Waals surface area contributed by atoms with Crippen molar-refractivity contribution in [2.75, 3.05) is 12.8 Å². The summed E-state index contributed by atoms with van der Waals surface area (Å²) < 4.78 is 7.16. The Kier molecular flexibility index (Phi) is 3.99. The van der Waals surface area contributed by atoms with Crippen LogP contribution >= 0.6 is 0 Å². The van der Waals surface area contributed by atoms with E-state index in [0.29, 0.717) is 23.2 Å². The molecule has 1 unspecified atom stereocenters.